The molecule has 0 aliphatic carbocycles. The van der Waals surface area contributed by atoms with Gasteiger partial charge in [-0.25, -0.2) is 8.42 Å². The van der Waals surface area contributed by atoms with Gasteiger partial charge in [-0.15, -0.1) is 0 Å². The number of aliphatic hydroxyl groups is 1. The second-order valence-electron chi connectivity index (χ2n) is 4.44. The quantitative estimate of drug-likeness (QED) is 0.806. The van der Waals surface area contributed by atoms with E-state index in [4.69, 9.17) is 5.73 Å². The largest absolute Gasteiger partial charge is 0.391 e. The fraction of sp³-hybridized carbons (Fsp3) is 0.500. The molecule has 0 aliphatic heterocycles. The summed E-state index contributed by atoms with van der Waals surface area (Å²) in [4.78, 5) is 0. The number of aryl methyl sites for hydroxylation is 2. The monoisotopic (exact) mass is 257 g/mol. The average molecular weight is 257 g/mol. The summed E-state index contributed by atoms with van der Waals surface area (Å²) in [6, 6.07) is 5.68. The van der Waals surface area contributed by atoms with E-state index < -0.39 is 15.9 Å². The van der Waals surface area contributed by atoms with E-state index in [1.54, 1.807) is 0 Å². The van der Waals surface area contributed by atoms with Gasteiger partial charge in [0.1, 0.15) is 0 Å². The summed E-state index contributed by atoms with van der Waals surface area (Å²) < 4.78 is 23.6. The van der Waals surface area contributed by atoms with Crippen LogP contribution in [-0.2, 0) is 15.6 Å². The van der Waals surface area contributed by atoms with Crippen LogP contribution in [0.5, 0.6) is 0 Å². The van der Waals surface area contributed by atoms with Gasteiger partial charge >= 0.3 is 0 Å². The highest BCUT2D eigenvalue weighted by molar-refractivity contribution is 7.90. The third-order valence-electron chi connectivity index (χ3n) is 2.39. The van der Waals surface area contributed by atoms with E-state index in [0.717, 1.165) is 16.7 Å². The molecule has 0 unspecified atom stereocenters. The Kier molecular flexibility index (Phi) is 4.68. The molecule has 0 saturated heterocycles. The van der Waals surface area contributed by atoms with Crippen LogP contribution in [0.15, 0.2) is 18.2 Å². The van der Waals surface area contributed by atoms with E-state index in [2.05, 4.69) is 0 Å². The van der Waals surface area contributed by atoms with Crippen LogP contribution >= 0.6 is 0 Å². The van der Waals surface area contributed by atoms with E-state index >= 15 is 0 Å². The Morgan fingerprint density at radius 3 is 2.24 bits per heavy atom. The van der Waals surface area contributed by atoms with Crippen molar-refractivity contribution in [3.05, 3.63) is 34.9 Å². The van der Waals surface area contributed by atoms with E-state index in [-0.39, 0.29) is 18.1 Å². The van der Waals surface area contributed by atoms with Crippen molar-refractivity contribution in [2.75, 3.05) is 12.3 Å². The molecule has 1 atom stereocenters. The number of hydrogen-bond donors (Lipinski definition) is 2. The van der Waals surface area contributed by atoms with Crippen molar-refractivity contribution in [2.45, 2.75) is 25.7 Å². The Hall–Kier alpha value is -0.910. The van der Waals surface area contributed by atoms with Crippen LogP contribution in [0.3, 0.4) is 0 Å². The average Bonchev–Trinajstić information content (AvgIpc) is 2.13. The van der Waals surface area contributed by atoms with E-state index in [1.165, 1.54) is 0 Å². The maximum Gasteiger partial charge on any atom is 0.157 e. The number of hydrogen-bond acceptors (Lipinski definition) is 4. The molecule has 5 heteroatoms. The molecule has 0 saturated carbocycles. The van der Waals surface area contributed by atoms with Crippen LogP contribution in [0.1, 0.15) is 16.7 Å². The Balaban J connectivity index is 2.83. The number of rotatable bonds is 5. The minimum Gasteiger partial charge on any atom is -0.391 e. The molecule has 0 radical (unpaired) electrons. The summed E-state index contributed by atoms with van der Waals surface area (Å²) in [5, 5.41) is 9.28. The van der Waals surface area contributed by atoms with Crippen LogP contribution in [0.25, 0.3) is 0 Å². The van der Waals surface area contributed by atoms with Gasteiger partial charge in [-0.2, -0.15) is 0 Å². The lowest BCUT2D eigenvalue weighted by molar-refractivity contribution is 0.205. The topological polar surface area (TPSA) is 80.4 Å². The van der Waals surface area contributed by atoms with E-state index in [0.29, 0.717) is 0 Å². The zero-order chi connectivity index (χ0) is 13.1. The number of nitrogens with two attached hydrogens (primary N) is 1. The molecule has 0 spiro atoms. The number of aliphatic hydroxyl groups excluding tert-OH is 1. The van der Waals surface area contributed by atoms with Crippen LogP contribution in [0, 0.1) is 13.8 Å². The highest BCUT2D eigenvalue weighted by atomic mass is 32.2. The van der Waals surface area contributed by atoms with Crippen molar-refractivity contribution in [2.24, 2.45) is 5.73 Å². The van der Waals surface area contributed by atoms with E-state index in [1.807, 2.05) is 32.0 Å². The fourth-order valence-corrected chi connectivity index (χ4v) is 3.34. The summed E-state index contributed by atoms with van der Waals surface area (Å²) in [7, 11) is -3.31. The molecule has 4 nitrogen and oxygen atoms in total. The van der Waals surface area contributed by atoms with Crippen LogP contribution < -0.4 is 5.73 Å². The minimum atomic E-state index is -3.31. The Bertz CT molecular complexity index is 462. The first-order valence-corrected chi connectivity index (χ1v) is 7.30. The summed E-state index contributed by atoms with van der Waals surface area (Å²) in [6.07, 6.45) is -0.981. The highest BCUT2D eigenvalue weighted by Crippen LogP contribution is 2.13. The summed E-state index contributed by atoms with van der Waals surface area (Å²) in [5.41, 5.74) is 8.04. The molecule has 0 bridgehead atoms. The van der Waals surface area contributed by atoms with Crippen LogP contribution in [0.2, 0.25) is 0 Å². The van der Waals surface area contributed by atoms with Crippen LogP contribution in [-0.4, -0.2) is 31.9 Å². The van der Waals surface area contributed by atoms with Crippen LogP contribution in [0.4, 0.5) is 0 Å². The lowest BCUT2D eigenvalue weighted by atomic mass is 10.1. The summed E-state index contributed by atoms with van der Waals surface area (Å²) in [5.74, 6) is -0.330. The van der Waals surface area contributed by atoms with Gasteiger partial charge in [0, 0.05) is 6.54 Å². The molecule has 0 amide bonds. The van der Waals surface area contributed by atoms with Crippen molar-refractivity contribution in [3.8, 4) is 0 Å². The van der Waals surface area contributed by atoms with Gasteiger partial charge in [0.15, 0.2) is 9.84 Å². The molecular formula is C12H19NO3S. The molecular weight excluding hydrogens is 238 g/mol. The molecule has 1 rings (SSSR count). The van der Waals surface area contributed by atoms with E-state index in [9.17, 15) is 13.5 Å². The van der Waals surface area contributed by atoms with Gasteiger partial charge < -0.3 is 10.8 Å². The molecule has 1 aromatic carbocycles. The molecule has 0 aliphatic rings. The standard InChI is InChI=1S/C12H19NO3S/c1-9-3-10(2)5-11(4-9)7-17(15,16)8-12(14)6-13/h3-5,12,14H,6-8,13H2,1-2H3/t12-/m0/s1. The molecule has 1 aromatic rings. The molecule has 96 valence electrons. The Morgan fingerprint density at radius 2 is 1.76 bits per heavy atom. The summed E-state index contributed by atoms with van der Waals surface area (Å²) >= 11 is 0. The smallest absolute Gasteiger partial charge is 0.157 e. The van der Waals surface area contributed by atoms with Crippen molar-refractivity contribution < 1.29 is 13.5 Å². The predicted molar refractivity (Wildman–Crippen MR) is 68.5 cm³/mol. The first-order valence-electron chi connectivity index (χ1n) is 5.48. The number of benzene rings is 1. The highest BCUT2D eigenvalue weighted by Gasteiger charge is 2.17. The van der Waals surface area contributed by atoms with Crippen molar-refractivity contribution in [1.29, 1.82) is 0 Å². The zero-order valence-electron chi connectivity index (χ0n) is 10.2. The van der Waals surface area contributed by atoms with Gasteiger partial charge in [0.2, 0.25) is 0 Å². The summed E-state index contributed by atoms with van der Waals surface area (Å²) in [6.45, 7) is 3.82. The third-order valence-corrected chi connectivity index (χ3v) is 4.05. The Labute approximate surface area is 102 Å². The maximum absolute atomic E-state index is 11.8. The van der Waals surface area contributed by atoms with Gasteiger partial charge in [0.25, 0.3) is 0 Å². The molecule has 0 fully saturated rings. The van der Waals surface area contributed by atoms with Gasteiger partial charge in [-0.1, -0.05) is 29.3 Å². The first-order chi connectivity index (χ1) is 7.82. The second kappa shape index (κ2) is 5.62. The molecule has 0 heterocycles. The molecule has 0 aromatic heterocycles. The second-order valence-corrected chi connectivity index (χ2v) is 6.55. The lowest BCUT2D eigenvalue weighted by Crippen LogP contribution is -2.29. The SMILES string of the molecule is Cc1cc(C)cc(CS(=O)(=O)C[C@@H](O)CN)c1. The van der Waals surface area contributed by atoms with Crippen molar-refractivity contribution >= 4 is 9.84 Å². The molecule has 17 heavy (non-hydrogen) atoms. The first kappa shape index (κ1) is 14.2. The van der Waals surface area contributed by atoms with Crippen molar-refractivity contribution in [1.82, 2.24) is 0 Å². The Morgan fingerprint density at radius 1 is 1.24 bits per heavy atom. The minimum absolute atomic E-state index is 0.0356. The van der Waals surface area contributed by atoms with Gasteiger partial charge in [0.05, 0.1) is 17.6 Å². The van der Waals surface area contributed by atoms with Gasteiger partial charge in [-0.05, 0) is 19.4 Å². The normalized spacial score (nSPS) is 13.6. The zero-order valence-corrected chi connectivity index (χ0v) is 11.0. The van der Waals surface area contributed by atoms with Gasteiger partial charge in [-0.3, -0.25) is 0 Å². The molecule has 3 N–H and O–H groups in total. The third kappa shape index (κ3) is 4.85. The lowest BCUT2D eigenvalue weighted by Gasteiger charge is -2.10. The predicted octanol–water partition coefficient (Wildman–Crippen LogP) is 0.538. The number of sulfone groups is 1. The van der Waals surface area contributed by atoms with Crippen molar-refractivity contribution in [3.63, 3.8) is 0 Å². The fourth-order valence-electron chi connectivity index (χ4n) is 1.83. The maximum atomic E-state index is 11.8.